The van der Waals surface area contributed by atoms with Crippen LogP contribution in [0.5, 0.6) is 5.75 Å². The molecule has 1 fully saturated rings. The van der Waals surface area contributed by atoms with Gasteiger partial charge in [0.25, 0.3) is 5.91 Å². The number of amides is 1. The molecule has 3 nitrogen and oxygen atoms in total. The van der Waals surface area contributed by atoms with Crippen LogP contribution in [0.4, 0.5) is 18.9 Å². The zero-order valence-corrected chi connectivity index (χ0v) is 14.1. The topological polar surface area (TPSA) is 40.5 Å². The molecule has 1 N–H and O–H groups in total. The van der Waals surface area contributed by atoms with Crippen LogP contribution in [0.25, 0.3) is 6.08 Å². The van der Waals surface area contributed by atoms with Gasteiger partial charge in [0.1, 0.15) is 5.75 Å². The summed E-state index contributed by atoms with van der Waals surface area (Å²) in [6, 6.07) is 10.7. The highest BCUT2D eigenvalue weighted by molar-refractivity contribution is 8.27. The van der Waals surface area contributed by atoms with Crippen molar-refractivity contribution in [3.8, 4) is 5.75 Å². The molecule has 2 aromatic carbocycles. The van der Waals surface area contributed by atoms with Crippen LogP contribution >= 0.6 is 24.0 Å². The maximum Gasteiger partial charge on any atom is 0.416 e. The van der Waals surface area contributed by atoms with E-state index in [-0.39, 0.29) is 20.7 Å². The summed E-state index contributed by atoms with van der Waals surface area (Å²) in [6.45, 7) is 0. The molecule has 0 bridgehead atoms. The van der Waals surface area contributed by atoms with Crippen molar-refractivity contribution in [3.63, 3.8) is 0 Å². The summed E-state index contributed by atoms with van der Waals surface area (Å²) in [7, 11) is 0. The van der Waals surface area contributed by atoms with Crippen LogP contribution in [0.3, 0.4) is 0 Å². The van der Waals surface area contributed by atoms with Crippen LogP contribution in [-0.4, -0.2) is 15.3 Å². The van der Waals surface area contributed by atoms with E-state index in [1.165, 1.54) is 30.3 Å². The van der Waals surface area contributed by atoms with Crippen molar-refractivity contribution in [2.24, 2.45) is 0 Å². The number of phenols is 1. The zero-order valence-electron chi connectivity index (χ0n) is 12.4. The number of alkyl halides is 3. The summed E-state index contributed by atoms with van der Waals surface area (Å²) < 4.78 is 38.8. The molecule has 0 saturated carbocycles. The molecule has 0 aromatic heterocycles. The number of carbonyl (C=O) groups is 1. The van der Waals surface area contributed by atoms with Crippen molar-refractivity contribution in [2.75, 3.05) is 4.90 Å². The van der Waals surface area contributed by atoms with Gasteiger partial charge in [-0.25, -0.2) is 0 Å². The van der Waals surface area contributed by atoms with Gasteiger partial charge < -0.3 is 5.11 Å². The minimum Gasteiger partial charge on any atom is -0.508 e. The molecular weight excluding hydrogens is 371 g/mol. The first-order valence-corrected chi connectivity index (χ1v) is 8.22. The predicted molar refractivity (Wildman–Crippen MR) is 95.2 cm³/mol. The normalized spacial score (nSPS) is 16.8. The maximum absolute atomic E-state index is 12.9. The Morgan fingerprint density at radius 1 is 1.12 bits per heavy atom. The third-order valence-electron chi connectivity index (χ3n) is 3.39. The van der Waals surface area contributed by atoms with E-state index >= 15 is 0 Å². The number of phenolic OH excluding ortho intramolecular Hbond substituents is 1. The highest BCUT2D eigenvalue weighted by Crippen LogP contribution is 2.38. The summed E-state index contributed by atoms with van der Waals surface area (Å²) >= 11 is 6.15. The number of aromatic hydroxyl groups is 1. The Morgan fingerprint density at radius 3 is 2.52 bits per heavy atom. The van der Waals surface area contributed by atoms with Gasteiger partial charge >= 0.3 is 6.18 Å². The molecule has 0 atom stereocenters. The van der Waals surface area contributed by atoms with Gasteiger partial charge in [0.2, 0.25) is 0 Å². The van der Waals surface area contributed by atoms with Gasteiger partial charge in [-0.2, -0.15) is 13.2 Å². The van der Waals surface area contributed by atoms with Crippen molar-refractivity contribution in [1.82, 2.24) is 0 Å². The fourth-order valence-corrected chi connectivity index (χ4v) is 3.58. The van der Waals surface area contributed by atoms with Gasteiger partial charge in [0.05, 0.1) is 16.2 Å². The average molecular weight is 381 g/mol. The summed E-state index contributed by atoms with van der Waals surface area (Å²) in [6.07, 6.45) is -2.97. The van der Waals surface area contributed by atoms with Crippen molar-refractivity contribution in [3.05, 3.63) is 64.6 Å². The maximum atomic E-state index is 12.9. The van der Waals surface area contributed by atoms with Gasteiger partial charge in [0.15, 0.2) is 4.32 Å². The molecule has 8 heteroatoms. The molecule has 0 spiro atoms. The second-order valence-corrected chi connectivity index (χ2v) is 6.84. The first kappa shape index (κ1) is 17.5. The van der Waals surface area contributed by atoms with Gasteiger partial charge in [-0.15, -0.1) is 0 Å². The standard InChI is InChI=1S/C17H10F3NO2S2/c18-17(19,20)11-4-2-5-12(9-11)21-15(23)14(25-16(21)24)8-10-3-1-6-13(22)7-10/h1-9,22H/b14-8+. The Hall–Kier alpha value is -2.32. The fraction of sp³-hybridized carbons (Fsp3) is 0.0588. The Morgan fingerprint density at radius 2 is 1.84 bits per heavy atom. The molecule has 25 heavy (non-hydrogen) atoms. The zero-order chi connectivity index (χ0) is 18.2. The quantitative estimate of drug-likeness (QED) is 0.598. The second-order valence-electron chi connectivity index (χ2n) is 5.16. The molecule has 1 amide bonds. The molecule has 1 aliphatic rings. The van der Waals surface area contributed by atoms with Crippen LogP contribution in [-0.2, 0) is 11.0 Å². The number of anilines is 1. The number of halogens is 3. The molecule has 3 rings (SSSR count). The molecule has 0 radical (unpaired) electrons. The SMILES string of the molecule is O=C1/C(=C\c2cccc(O)c2)SC(=S)N1c1cccc(C(F)(F)F)c1. The van der Waals surface area contributed by atoms with E-state index in [1.54, 1.807) is 12.1 Å². The minimum absolute atomic E-state index is 0.0436. The van der Waals surface area contributed by atoms with Crippen LogP contribution in [0.2, 0.25) is 0 Å². The Balaban J connectivity index is 1.95. The molecule has 1 heterocycles. The van der Waals surface area contributed by atoms with E-state index < -0.39 is 17.6 Å². The molecule has 128 valence electrons. The number of benzene rings is 2. The number of hydrogen-bond acceptors (Lipinski definition) is 4. The number of rotatable bonds is 2. The molecule has 1 aliphatic heterocycles. The van der Waals surface area contributed by atoms with Crippen LogP contribution in [0.1, 0.15) is 11.1 Å². The minimum atomic E-state index is -4.51. The largest absolute Gasteiger partial charge is 0.508 e. The first-order chi connectivity index (χ1) is 11.8. The molecular formula is C17H10F3NO2S2. The summed E-state index contributed by atoms with van der Waals surface area (Å²) in [5.41, 5.74) is -0.197. The fourth-order valence-electron chi connectivity index (χ4n) is 2.28. The number of carbonyl (C=O) groups excluding carboxylic acids is 1. The third-order valence-corrected chi connectivity index (χ3v) is 4.70. The molecule has 0 aliphatic carbocycles. The number of nitrogens with zero attached hydrogens (tertiary/aromatic N) is 1. The third kappa shape index (κ3) is 3.69. The van der Waals surface area contributed by atoms with Crippen molar-refractivity contribution < 1.29 is 23.1 Å². The lowest BCUT2D eigenvalue weighted by Crippen LogP contribution is -2.27. The van der Waals surface area contributed by atoms with Crippen molar-refractivity contribution in [2.45, 2.75) is 6.18 Å². The van der Waals surface area contributed by atoms with Gasteiger partial charge in [-0.05, 0) is 42.0 Å². The molecule has 2 aromatic rings. The van der Waals surface area contributed by atoms with Crippen LogP contribution < -0.4 is 4.90 Å². The van der Waals surface area contributed by atoms with E-state index in [0.29, 0.717) is 5.56 Å². The van der Waals surface area contributed by atoms with E-state index in [4.69, 9.17) is 12.2 Å². The summed E-state index contributed by atoms with van der Waals surface area (Å²) in [5.74, 6) is -0.459. The highest BCUT2D eigenvalue weighted by atomic mass is 32.2. The molecule has 1 saturated heterocycles. The van der Waals surface area contributed by atoms with E-state index in [2.05, 4.69) is 0 Å². The number of thioether (sulfide) groups is 1. The second kappa shape index (κ2) is 6.53. The van der Waals surface area contributed by atoms with Crippen LogP contribution in [0, 0.1) is 0 Å². The average Bonchev–Trinajstić information content (AvgIpc) is 2.81. The molecule has 0 unspecified atom stereocenters. The van der Waals surface area contributed by atoms with Gasteiger partial charge in [-0.1, -0.05) is 42.2 Å². The monoisotopic (exact) mass is 381 g/mol. The lowest BCUT2D eigenvalue weighted by molar-refractivity contribution is -0.137. The van der Waals surface area contributed by atoms with E-state index in [9.17, 15) is 23.1 Å². The van der Waals surface area contributed by atoms with Crippen molar-refractivity contribution in [1.29, 1.82) is 0 Å². The Kier molecular flexibility index (Phi) is 4.57. The van der Waals surface area contributed by atoms with Gasteiger partial charge in [0, 0.05) is 0 Å². The number of thiocarbonyl (C=S) groups is 1. The van der Waals surface area contributed by atoms with Crippen LogP contribution in [0.15, 0.2) is 53.4 Å². The smallest absolute Gasteiger partial charge is 0.416 e. The first-order valence-electron chi connectivity index (χ1n) is 7.00. The highest BCUT2D eigenvalue weighted by Gasteiger charge is 2.36. The number of hydrogen-bond donors (Lipinski definition) is 1. The van der Waals surface area contributed by atoms with Crippen molar-refractivity contribution >= 4 is 46.0 Å². The van der Waals surface area contributed by atoms with E-state index in [1.807, 2.05) is 0 Å². The van der Waals surface area contributed by atoms with E-state index in [0.717, 1.165) is 28.8 Å². The Bertz CT molecular complexity index is 893. The Labute approximate surface area is 150 Å². The predicted octanol–water partition coefficient (Wildman–Crippen LogP) is 4.82. The summed E-state index contributed by atoms with van der Waals surface area (Å²) in [5, 5.41) is 9.48. The lowest BCUT2D eigenvalue weighted by atomic mass is 10.1. The summed E-state index contributed by atoms with van der Waals surface area (Å²) in [4.78, 5) is 13.9. The lowest BCUT2D eigenvalue weighted by Gasteiger charge is -2.16. The van der Waals surface area contributed by atoms with Gasteiger partial charge in [-0.3, -0.25) is 9.69 Å².